The smallest absolute Gasteiger partial charge is 0.260 e. The van der Waals surface area contributed by atoms with Crippen molar-refractivity contribution in [3.63, 3.8) is 0 Å². The molecule has 1 aromatic heterocycles. The molecule has 1 aliphatic carbocycles. The van der Waals surface area contributed by atoms with Crippen LogP contribution in [0.2, 0.25) is 0 Å². The van der Waals surface area contributed by atoms with Crippen LogP contribution in [0.3, 0.4) is 0 Å². The number of hydrogen-bond donors (Lipinski definition) is 1. The van der Waals surface area contributed by atoms with Gasteiger partial charge < -0.3 is 5.32 Å². The first-order valence-electron chi connectivity index (χ1n) is 7.78. The van der Waals surface area contributed by atoms with Crippen molar-refractivity contribution in [2.75, 3.05) is 13.1 Å². The van der Waals surface area contributed by atoms with E-state index in [-0.39, 0.29) is 11.1 Å². The van der Waals surface area contributed by atoms with Gasteiger partial charge in [0.2, 0.25) is 0 Å². The zero-order valence-electron chi connectivity index (χ0n) is 12.5. The summed E-state index contributed by atoms with van der Waals surface area (Å²) < 4.78 is 27.0. The Bertz CT molecular complexity index is 585. The van der Waals surface area contributed by atoms with E-state index in [0.29, 0.717) is 12.5 Å². The first-order valence-corrected chi connectivity index (χ1v) is 9.22. The maximum absolute atomic E-state index is 12.6. The highest BCUT2D eigenvalue weighted by Gasteiger charge is 2.44. The SMILES string of the molecule is CCCNCc1ccc(S(=O)(=O)N2CC3CCC2C3)nc1. The standard InChI is InChI=1S/C15H23N3O2S/c1-2-7-16-9-13-4-6-15(17-10-13)21(19,20)18-11-12-3-5-14(18)8-12/h4,6,10,12,14,16H,2-3,5,7-9,11H2,1H3. The molecule has 2 bridgehead atoms. The molecule has 1 saturated heterocycles. The third kappa shape index (κ3) is 2.98. The third-order valence-corrected chi connectivity index (χ3v) is 6.32. The van der Waals surface area contributed by atoms with Gasteiger partial charge in [0.15, 0.2) is 5.03 Å². The molecule has 0 spiro atoms. The summed E-state index contributed by atoms with van der Waals surface area (Å²) in [5.41, 5.74) is 1.02. The van der Waals surface area contributed by atoms with Crippen LogP contribution in [-0.4, -0.2) is 36.8 Å². The van der Waals surface area contributed by atoms with Gasteiger partial charge in [0, 0.05) is 25.3 Å². The van der Waals surface area contributed by atoms with Crippen molar-refractivity contribution in [2.24, 2.45) is 5.92 Å². The normalized spacial score (nSPS) is 25.6. The second-order valence-corrected chi connectivity index (χ2v) is 7.93. The molecule has 1 aromatic rings. The van der Waals surface area contributed by atoms with Gasteiger partial charge in [0.1, 0.15) is 0 Å². The molecule has 5 nitrogen and oxygen atoms in total. The van der Waals surface area contributed by atoms with Crippen molar-refractivity contribution in [1.29, 1.82) is 0 Å². The Kier molecular flexibility index (Phi) is 4.28. The van der Waals surface area contributed by atoms with E-state index in [2.05, 4.69) is 17.2 Å². The summed E-state index contributed by atoms with van der Waals surface area (Å²) in [6.45, 7) is 4.48. The van der Waals surface area contributed by atoms with Crippen molar-refractivity contribution in [3.05, 3.63) is 23.9 Å². The predicted octanol–water partition coefficient (Wildman–Crippen LogP) is 1.75. The highest BCUT2D eigenvalue weighted by atomic mass is 32.2. The Labute approximate surface area is 126 Å². The molecule has 116 valence electrons. The van der Waals surface area contributed by atoms with Crippen LogP contribution in [0, 0.1) is 5.92 Å². The molecule has 2 unspecified atom stereocenters. The lowest BCUT2D eigenvalue weighted by Gasteiger charge is -2.25. The van der Waals surface area contributed by atoms with Crippen molar-refractivity contribution < 1.29 is 8.42 Å². The fourth-order valence-electron chi connectivity index (χ4n) is 3.37. The summed E-state index contributed by atoms with van der Waals surface area (Å²) in [6.07, 6.45) is 5.95. The van der Waals surface area contributed by atoms with Crippen LogP contribution < -0.4 is 5.32 Å². The molecule has 6 heteroatoms. The topological polar surface area (TPSA) is 62.3 Å². The lowest BCUT2D eigenvalue weighted by Crippen LogP contribution is -2.38. The van der Waals surface area contributed by atoms with Crippen LogP contribution in [0.5, 0.6) is 0 Å². The predicted molar refractivity (Wildman–Crippen MR) is 81.3 cm³/mol. The molecule has 2 atom stereocenters. The van der Waals surface area contributed by atoms with E-state index in [0.717, 1.165) is 37.9 Å². The molecule has 0 aromatic carbocycles. The summed E-state index contributed by atoms with van der Waals surface area (Å²) in [6, 6.07) is 3.70. The van der Waals surface area contributed by atoms with Crippen molar-refractivity contribution in [1.82, 2.24) is 14.6 Å². The Morgan fingerprint density at radius 3 is 2.81 bits per heavy atom. The lowest BCUT2D eigenvalue weighted by molar-refractivity contribution is 0.332. The molecule has 3 rings (SSSR count). The number of hydrogen-bond acceptors (Lipinski definition) is 4. The number of pyridine rings is 1. The van der Waals surface area contributed by atoms with Gasteiger partial charge in [-0.3, -0.25) is 0 Å². The third-order valence-electron chi connectivity index (χ3n) is 4.49. The molecule has 0 radical (unpaired) electrons. The second-order valence-electron chi connectivity index (χ2n) is 6.09. The molecule has 2 aliphatic rings. The average molecular weight is 309 g/mol. The largest absolute Gasteiger partial charge is 0.313 e. The van der Waals surface area contributed by atoms with Gasteiger partial charge in [-0.15, -0.1) is 0 Å². The van der Waals surface area contributed by atoms with E-state index in [9.17, 15) is 8.42 Å². The van der Waals surface area contributed by atoms with E-state index in [1.54, 1.807) is 16.6 Å². The van der Waals surface area contributed by atoms with Gasteiger partial charge in [0.25, 0.3) is 10.0 Å². The van der Waals surface area contributed by atoms with Crippen LogP contribution in [-0.2, 0) is 16.6 Å². The minimum absolute atomic E-state index is 0.189. The molecule has 1 aliphatic heterocycles. The van der Waals surface area contributed by atoms with Crippen molar-refractivity contribution in [3.8, 4) is 0 Å². The van der Waals surface area contributed by atoms with Crippen molar-refractivity contribution >= 4 is 10.0 Å². The summed E-state index contributed by atoms with van der Waals surface area (Å²) in [5, 5.41) is 3.48. The lowest BCUT2D eigenvalue weighted by atomic mass is 10.1. The summed E-state index contributed by atoms with van der Waals surface area (Å²) >= 11 is 0. The molecular formula is C15H23N3O2S. The van der Waals surface area contributed by atoms with Gasteiger partial charge >= 0.3 is 0 Å². The number of nitrogens with zero attached hydrogens (tertiary/aromatic N) is 2. The first kappa shape index (κ1) is 14.9. The maximum Gasteiger partial charge on any atom is 0.260 e. The Morgan fingerprint density at radius 2 is 2.24 bits per heavy atom. The van der Waals surface area contributed by atoms with Gasteiger partial charge in [-0.05, 0) is 49.8 Å². The number of fused-ring (bicyclic) bond motifs is 2. The van der Waals surface area contributed by atoms with Gasteiger partial charge in [-0.2, -0.15) is 4.31 Å². The molecule has 1 saturated carbocycles. The first-order chi connectivity index (χ1) is 10.1. The monoisotopic (exact) mass is 309 g/mol. The van der Waals surface area contributed by atoms with Crippen LogP contribution in [0.4, 0.5) is 0 Å². The quantitative estimate of drug-likeness (QED) is 0.813. The minimum atomic E-state index is -3.41. The molecule has 2 fully saturated rings. The summed E-state index contributed by atoms with van der Waals surface area (Å²) in [7, 11) is -3.41. The number of aromatic nitrogens is 1. The van der Waals surface area contributed by atoms with E-state index in [1.807, 2.05) is 6.07 Å². The Balaban J connectivity index is 1.71. The zero-order valence-corrected chi connectivity index (χ0v) is 13.3. The minimum Gasteiger partial charge on any atom is -0.313 e. The van der Waals surface area contributed by atoms with Crippen LogP contribution >= 0.6 is 0 Å². The summed E-state index contributed by atoms with van der Waals surface area (Å²) in [4.78, 5) is 4.19. The molecular weight excluding hydrogens is 286 g/mol. The van der Waals surface area contributed by atoms with E-state index < -0.39 is 10.0 Å². The molecule has 21 heavy (non-hydrogen) atoms. The van der Waals surface area contributed by atoms with Crippen LogP contribution in [0.25, 0.3) is 0 Å². The van der Waals surface area contributed by atoms with Crippen LogP contribution in [0.15, 0.2) is 23.4 Å². The zero-order chi connectivity index (χ0) is 14.9. The van der Waals surface area contributed by atoms with E-state index in [1.165, 1.54) is 6.42 Å². The van der Waals surface area contributed by atoms with Gasteiger partial charge in [-0.25, -0.2) is 13.4 Å². The molecule has 0 amide bonds. The van der Waals surface area contributed by atoms with E-state index >= 15 is 0 Å². The Morgan fingerprint density at radius 1 is 1.38 bits per heavy atom. The van der Waals surface area contributed by atoms with Crippen LogP contribution in [0.1, 0.15) is 38.2 Å². The number of sulfonamides is 1. The molecule has 2 heterocycles. The summed E-state index contributed by atoms with van der Waals surface area (Å²) in [5.74, 6) is 0.558. The number of piperidine rings is 1. The van der Waals surface area contributed by atoms with E-state index in [4.69, 9.17) is 0 Å². The highest BCUT2D eigenvalue weighted by molar-refractivity contribution is 7.89. The average Bonchev–Trinajstić information content (AvgIpc) is 3.11. The molecule has 1 N–H and O–H groups in total. The maximum atomic E-state index is 12.6. The Hall–Kier alpha value is -0.980. The van der Waals surface area contributed by atoms with Gasteiger partial charge in [-0.1, -0.05) is 13.0 Å². The number of nitrogens with one attached hydrogen (secondary N) is 1. The van der Waals surface area contributed by atoms with Crippen molar-refractivity contribution in [2.45, 2.75) is 50.2 Å². The fourth-order valence-corrected chi connectivity index (χ4v) is 5.03. The second kappa shape index (κ2) is 6.02. The van der Waals surface area contributed by atoms with Gasteiger partial charge in [0.05, 0.1) is 0 Å². The highest BCUT2D eigenvalue weighted by Crippen LogP contribution is 2.40. The fraction of sp³-hybridized carbons (Fsp3) is 0.667. The number of rotatable bonds is 6.